The van der Waals surface area contributed by atoms with E-state index in [1.807, 2.05) is 102 Å². The highest BCUT2D eigenvalue weighted by Gasteiger charge is 2.65. The maximum atomic E-state index is 14.5. The van der Waals surface area contributed by atoms with Gasteiger partial charge in [-0.1, -0.05) is 103 Å². The summed E-state index contributed by atoms with van der Waals surface area (Å²) in [5, 5.41) is 0. The van der Waals surface area contributed by atoms with Crippen LogP contribution in [0.4, 0.5) is 11.4 Å². The molecule has 8 heteroatoms. The van der Waals surface area contributed by atoms with Crippen LogP contribution >= 0.6 is 0 Å². The van der Waals surface area contributed by atoms with E-state index in [4.69, 9.17) is 9.47 Å². The first-order chi connectivity index (χ1) is 21.5. The van der Waals surface area contributed by atoms with Gasteiger partial charge in [0.05, 0.1) is 36.2 Å². The number of hydrogen-bond acceptors (Lipinski definition) is 7. The van der Waals surface area contributed by atoms with Gasteiger partial charge in [0.25, 0.3) is 0 Å². The van der Waals surface area contributed by atoms with E-state index in [2.05, 4.69) is 0 Å². The van der Waals surface area contributed by atoms with Crippen molar-refractivity contribution in [3.63, 3.8) is 0 Å². The maximum Gasteiger partial charge on any atom is 0.339 e. The third-order valence-corrected chi connectivity index (χ3v) is 8.65. The van der Waals surface area contributed by atoms with Gasteiger partial charge in [-0.2, -0.15) is 0 Å². The Kier molecular flexibility index (Phi) is 6.81. The summed E-state index contributed by atoms with van der Waals surface area (Å²) in [4.78, 5) is 58.6. The van der Waals surface area contributed by atoms with Crippen LogP contribution in [0.1, 0.15) is 33.2 Å². The summed E-state index contributed by atoms with van der Waals surface area (Å²) in [5.74, 6) is -4.25. The number of anilines is 2. The van der Waals surface area contributed by atoms with Crippen LogP contribution in [0.2, 0.25) is 0 Å². The predicted molar refractivity (Wildman–Crippen MR) is 164 cm³/mol. The fourth-order valence-electron chi connectivity index (χ4n) is 6.74. The molecule has 0 bridgehead atoms. The summed E-state index contributed by atoms with van der Waals surface area (Å²) in [6.07, 6.45) is 3.06. The Morgan fingerprint density at radius 1 is 0.705 bits per heavy atom. The fourth-order valence-corrected chi connectivity index (χ4v) is 6.74. The van der Waals surface area contributed by atoms with E-state index in [0.717, 1.165) is 27.3 Å². The van der Waals surface area contributed by atoms with Crippen molar-refractivity contribution in [2.24, 2.45) is 11.8 Å². The minimum atomic E-state index is -1.10. The molecule has 4 aromatic rings. The molecule has 218 valence electrons. The van der Waals surface area contributed by atoms with Gasteiger partial charge in [-0.15, -0.1) is 0 Å². The average Bonchev–Trinajstić information content (AvgIpc) is 3.56. The molecular formula is C36H28N2O6. The second-order valence-electron chi connectivity index (χ2n) is 11.0. The number of amides is 2. The molecule has 4 unspecified atom stereocenters. The van der Waals surface area contributed by atoms with E-state index >= 15 is 0 Å². The van der Waals surface area contributed by atoms with Crippen molar-refractivity contribution in [1.82, 2.24) is 0 Å². The van der Waals surface area contributed by atoms with E-state index in [-0.39, 0.29) is 11.3 Å². The number of ether oxygens (including phenoxy) is 2. The minimum Gasteiger partial charge on any atom is -0.465 e. The van der Waals surface area contributed by atoms with E-state index in [9.17, 15) is 19.2 Å². The number of nitrogens with zero attached hydrogens (tertiary/aromatic N) is 2. The lowest BCUT2D eigenvalue weighted by molar-refractivity contribution is -0.151. The largest absolute Gasteiger partial charge is 0.465 e. The van der Waals surface area contributed by atoms with Gasteiger partial charge in [0.1, 0.15) is 6.04 Å². The quantitative estimate of drug-likeness (QED) is 0.227. The summed E-state index contributed by atoms with van der Waals surface area (Å²) < 4.78 is 11.3. The number of methoxy groups -OCH3 is 1. The lowest BCUT2D eigenvalue weighted by Gasteiger charge is -2.36. The lowest BCUT2D eigenvalue weighted by Crippen LogP contribution is -2.49. The molecule has 2 amide bonds. The molecule has 2 saturated heterocycles. The van der Waals surface area contributed by atoms with Crippen LogP contribution in [0.3, 0.4) is 0 Å². The topological polar surface area (TPSA) is 93.2 Å². The van der Waals surface area contributed by atoms with Gasteiger partial charge in [-0.25, -0.2) is 14.5 Å². The highest BCUT2D eigenvalue weighted by molar-refractivity contribution is 6.26. The van der Waals surface area contributed by atoms with Crippen LogP contribution in [0, 0.1) is 11.8 Å². The van der Waals surface area contributed by atoms with Crippen LogP contribution in [-0.2, 0) is 23.9 Å². The number of imide groups is 1. The molecule has 3 aliphatic rings. The first kappa shape index (κ1) is 27.3. The fraction of sp³-hybridized carbons (Fsp3) is 0.167. The molecule has 3 heterocycles. The van der Waals surface area contributed by atoms with Gasteiger partial charge in [0, 0.05) is 5.69 Å². The molecule has 7 rings (SSSR count). The maximum absolute atomic E-state index is 14.5. The molecule has 2 fully saturated rings. The van der Waals surface area contributed by atoms with Crippen LogP contribution < -0.4 is 9.80 Å². The molecule has 0 saturated carbocycles. The average molecular weight is 585 g/mol. The number of carbonyl (C=O) groups excluding carboxylic acids is 4. The highest BCUT2D eigenvalue weighted by atomic mass is 16.5. The highest BCUT2D eigenvalue weighted by Crippen LogP contribution is 2.50. The number of esters is 2. The summed E-state index contributed by atoms with van der Waals surface area (Å²) in [6.45, 7) is 0. The molecule has 0 aromatic heterocycles. The van der Waals surface area contributed by atoms with Crippen LogP contribution in [0.15, 0.2) is 115 Å². The van der Waals surface area contributed by atoms with Gasteiger partial charge in [-0.3, -0.25) is 9.59 Å². The zero-order valence-electron chi connectivity index (χ0n) is 23.8. The smallest absolute Gasteiger partial charge is 0.339 e. The summed E-state index contributed by atoms with van der Waals surface area (Å²) in [5.41, 5.74) is 3.39. The monoisotopic (exact) mass is 584 g/mol. The second kappa shape index (κ2) is 11.0. The Hall–Kier alpha value is -5.50. The van der Waals surface area contributed by atoms with Crippen molar-refractivity contribution in [3.05, 3.63) is 138 Å². The molecule has 44 heavy (non-hydrogen) atoms. The number of para-hydroxylation sites is 2. The number of rotatable bonds is 6. The molecule has 8 nitrogen and oxygen atoms in total. The zero-order valence-corrected chi connectivity index (χ0v) is 23.8. The normalized spacial score (nSPS) is 21.6. The molecule has 4 atom stereocenters. The van der Waals surface area contributed by atoms with E-state index in [1.54, 1.807) is 18.2 Å². The van der Waals surface area contributed by atoms with Crippen molar-refractivity contribution in [1.29, 1.82) is 0 Å². The molecule has 0 aliphatic carbocycles. The standard InChI is InChI=1S/C36H28N2O6/c1-43-35(41)25-17-9-11-19-27(25)38-33(39)29-28-21-20-22-12-8-10-18-26(22)37(28)31(30(29)34(38)40)36(42)44-32(23-13-4-2-5-14-23)24-15-6-3-7-16-24/h2-21,28-32H,1H3. The van der Waals surface area contributed by atoms with Gasteiger partial charge in [-0.05, 0) is 34.9 Å². The zero-order chi connectivity index (χ0) is 30.4. The Bertz CT molecular complexity index is 1760. The summed E-state index contributed by atoms with van der Waals surface area (Å²) >= 11 is 0. The Morgan fingerprint density at radius 2 is 1.27 bits per heavy atom. The Morgan fingerprint density at radius 3 is 1.93 bits per heavy atom. The van der Waals surface area contributed by atoms with Crippen molar-refractivity contribution in [2.75, 3.05) is 16.9 Å². The van der Waals surface area contributed by atoms with Gasteiger partial charge in [0.2, 0.25) is 11.8 Å². The van der Waals surface area contributed by atoms with E-state index in [0.29, 0.717) is 0 Å². The Balaban J connectivity index is 1.33. The van der Waals surface area contributed by atoms with Gasteiger partial charge < -0.3 is 14.4 Å². The Labute approximate surface area is 254 Å². The predicted octanol–water partition coefficient (Wildman–Crippen LogP) is 5.20. The summed E-state index contributed by atoms with van der Waals surface area (Å²) in [7, 11) is 1.24. The van der Waals surface area contributed by atoms with Crippen LogP contribution in [0.25, 0.3) is 6.08 Å². The van der Waals surface area contributed by atoms with Crippen molar-refractivity contribution in [3.8, 4) is 0 Å². The lowest BCUT2D eigenvalue weighted by atomic mass is 9.88. The molecule has 0 N–H and O–H groups in total. The molecule has 3 aliphatic heterocycles. The summed E-state index contributed by atoms with van der Waals surface area (Å²) in [6, 6.07) is 31.1. The van der Waals surface area contributed by atoms with E-state index < -0.39 is 53.8 Å². The third-order valence-electron chi connectivity index (χ3n) is 8.65. The van der Waals surface area contributed by atoms with Crippen molar-refractivity contribution >= 4 is 41.2 Å². The third kappa shape index (κ3) is 4.29. The van der Waals surface area contributed by atoms with Crippen LogP contribution in [0.5, 0.6) is 0 Å². The molecule has 0 radical (unpaired) electrons. The van der Waals surface area contributed by atoms with E-state index in [1.165, 1.54) is 13.2 Å². The minimum absolute atomic E-state index is 0.0883. The second-order valence-corrected chi connectivity index (χ2v) is 11.0. The number of carbonyl (C=O) groups is 4. The first-order valence-corrected chi connectivity index (χ1v) is 14.4. The van der Waals surface area contributed by atoms with Crippen molar-refractivity contribution in [2.45, 2.75) is 18.2 Å². The molecular weight excluding hydrogens is 556 g/mol. The number of fused-ring (bicyclic) bond motifs is 5. The SMILES string of the molecule is COC(=O)c1ccccc1N1C(=O)C2C(C1=O)C(C(=O)OC(c1ccccc1)c1ccccc1)N1c3ccccc3C=CC21. The van der Waals surface area contributed by atoms with Crippen molar-refractivity contribution < 1.29 is 28.7 Å². The van der Waals surface area contributed by atoms with Gasteiger partial charge in [0.15, 0.2) is 6.10 Å². The van der Waals surface area contributed by atoms with Gasteiger partial charge >= 0.3 is 11.9 Å². The number of benzene rings is 4. The first-order valence-electron chi connectivity index (χ1n) is 14.4. The molecule has 0 spiro atoms. The van der Waals surface area contributed by atoms with Crippen LogP contribution in [-0.4, -0.2) is 42.9 Å². The number of hydrogen-bond donors (Lipinski definition) is 0. The molecule has 4 aromatic carbocycles.